The van der Waals surface area contributed by atoms with Gasteiger partial charge in [0.15, 0.2) is 5.11 Å². The third-order valence-electron chi connectivity index (χ3n) is 4.96. The van der Waals surface area contributed by atoms with Gasteiger partial charge in [-0.2, -0.15) is 0 Å². The molecule has 4 nitrogen and oxygen atoms in total. The predicted molar refractivity (Wildman–Crippen MR) is 114 cm³/mol. The minimum atomic E-state index is -0.00488. The molecule has 1 N–H and O–H groups in total. The van der Waals surface area contributed by atoms with Crippen molar-refractivity contribution < 1.29 is 0 Å². The number of nitrogens with zero attached hydrogens (tertiary/aromatic N) is 3. The molecule has 2 atom stereocenters. The fraction of sp³-hybridized carbons (Fsp3) is 0.273. The molecule has 5 heteroatoms. The van der Waals surface area contributed by atoms with Crippen molar-refractivity contribution in [3.63, 3.8) is 0 Å². The van der Waals surface area contributed by atoms with E-state index in [0.717, 1.165) is 16.5 Å². The summed E-state index contributed by atoms with van der Waals surface area (Å²) in [5, 5.41) is 4.23. The molecule has 4 rings (SSSR count). The summed E-state index contributed by atoms with van der Waals surface area (Å²) >= 11 is 5.74. The Labute approximate surface area is 165 Å². The van der Waals surface area contributed by atoms with Crippen molar-refractivity contribution in [3.05, 3.63) is 84.4 Å². The number of anilines is 1. The van der Waals surface area contributed by atoms with Crippen molar-refractivity contribution in [1.82, 2.24) is 14.9 Å². The molecule has 0 saturated carbocycles. The van der Waals surface area contributed by atoms with Crippen molar-refractivity contribution in [2.75, 3.05) is 4.90 Å². The lowest BCUT2D eigenvalue weighted by Gasteiger charge is -2.27. The summed E-state index contributed by atoms with van der Waals surface area (Å²) in [7, 11) is 0. The number of pyridine rings is 1. The van der Waals surface area contributed by atoms with Crippen LogP contribution in [0.2, 0.25) is 0 Å². The quantitative estimate of drug-likeness (QED) is 0.665. The third-order valence-corrected chi connectivity index (χ3v) is 5.28. The third kappa shape index (κ3) is 3.35. The summed E-state index contributed by atoms with van der Waals surface area (Å²) in [6.45, 7) is 6.62. The van der Waals surface area contributed by atoms with Crippen molar-refractivity contribution in [3.8, 4) is 0 Å². The monoisotopic (exact) mass is 376 g/mol. The number of aromatic nitrogens is 2. The zero-order valence-electron chi connectivity index (χ0n) is 15.8. The molecule has 0 radical (unpaired) electrons. The van der Waals surface area contributed by atoms with E-state index in [9.17, 15) is 0 Å². The fourth-order valence-corrected chi connectivity index (χ4v) is 3.91. The number of para-hydroxylation sites is 1. The number of nitrogens with one attached hydrogen (secondary N) is 1. The smallest absolute Gasteiger partial charge is 0.174 e. The maximum Gasteiger partial charge on any atom is 0.174 e. The van der Waals surface area contributed by atoms with E-state index in [2.05, 4.69) is 77.2 Å². The molecule has 0 spiro atoms. The van der Waals surface area contributed by atoms with Crippen LogP contribution in [0.1, 0.15) is 44.1 Å². The Morgan fingerprint density at radius 1 is 1.00 bits per heavy atom. The van der Waals surface area contributed by atoms with Gasteiger partial charge in [-0.05, 0) is 68.9 Å². The maximum atomic E-state index is 5.74. The van der Waals surface area contributed by atoms with Crippen LogP contribution in [0, 0.1) is 0 Å². The highest BCUT2D eigenvalue weighted by molar-refractivity contribution is 7.80. The van der Waals surface area contributed by atoms with E-state index in [0.29, 0.717) is 0 Å². The van der Waals surface area contributed by atoms with Crippen LogP contribution in [0.25, 0.3) is 0 Å². The Kier molecular flexibility index (Phi) is 4.48. The fourth-order valence-electron chi connectivity index (χ4n) is 3.57. The Hall–Kier alpha value is -2.66. The predicted octanol–water partition coefficient (Wildman–Crippen LogP) is 4.82. The van der Waals surface area contributed by atoms with Crippen LogP contribution in [-0.2, 0) is 5.54 Å². The minimum Gasteiger partial charge on any atom is -0.351 e. The average Bonchev–Trinajstić information content (AvgIpc) is 3.27. The molecule has 3 aromatic rings. The van der Waals surface area contributed by atoms with E-state index in [1.54, 1.807) is 0 Å². The van der Waals surface area contributed by atoms with Crippen LogP contribution in [0.4, 0.5) is 5.69 Å². The van der Waals surface area contributed by atoms with Gasteiger partial charge in [0.2, 0.25) is 0 Å². The Morgan fingerprint density at radius 2 is 1.74 bits per heavy atom. The van der Waals surface area contributed by atoms with Gasteiger partial charge in [-0.25, -0.2) is 0 Å². The number of hydrogen-bond acceptors (Lipinski definition) is 2. The summed E-state index contributed by atoms with van der Waals surface area (Å²) in [6.07, 6.45) is 6.21. The van der Waals surface area contributed by atoms with Gasteiger partial charge in [-0.1, -0.05) is 24.3 Å². The highest BCUT2D eigenvalue weighted by Crippen LogP contribution is 2.41. The van der Waals surface area contributed by atoms with Gasteiger partial charge in [0.05, 0.1) is 17.8 Å². The molecular formula is C22H24N4S. The van der Waals surface area contributed by atoms with Crippen LogP contribution in [0.5, 0.6) is 0 Å². The number of thiocarbonyl (C=S) groups is 1. The first-order valence-corrected chi connectivity index (χ1v) is 9.60. The van der Waals surface area contributed by atoms with Crippen LogP contribution in [0.15, 0.2) is 73.2 Å². The first kappa shape index (κ1) is 17.7. The second-order valence-corrected chi connectivity index (χ2v) is 8.24. The molecule has 3 heterocycles. The Balaban J connectivity index is 1.82. The summed E-state index contributed by atoms with van der Waals surface area (Å²) in [5.41, 5.74) is 3.33. The van der Waals surface area contributed by atoms with Gasteiger partial charge in [-0.15, -0.1) is 0 Å². The van der Waals surface area contributed by atoms with Crippen molar-refractivity contribution in [2.45, 2.75) is 38.4 Å². The molecule has 1 aliphatic rings. The molecule has 27 heavy (non-hydrogen) atoms. The molecular weight excluding hydrogens is 352 g/mol. The lowest BCUT2D eigenvalue weighted by atomic mass is 9.98. The van der Waals surface area contributed by atoms with Gasteiger partial charge in [-0.3, -0.25) is 4.98 Å². The number of rotatable bonds is 3. The lowest BCUT2D eigenvalue weighted by Crippen LogP contribution is -2.29. The Morgan fingerprint density at radius 3 is 2.37 bits per heavy atom. The first-order chi connectivity index (χ1) is 12.9. The molecule has 138 valence electrons. The van der Waals surface area contributed by atoms with E-state index in [1.165, 1.54) is 5.56 Å². The second kappa shape index (κ2) is 6.82. The summed E-state index contributed by atoms with van der Waals surface area (Å²) in [6, 6.07) is 18.6. The van der Waals surface area contributed by atoms with E-state index in [1.807, 2.05) is 36.5 Å². The molecule has 0 bridgehead atoms. The summed E-state index contributed by atoms with van der Waals surface area (Å²) in [5.74, 6) is 0. The highest BCUT2D eigenvalue weighted by Gasteiger charge is 2.41. The Bertz CT molecular complexity index is 928. The molecule has 0 aliphatic carbocycles. The van der Waals surface area contributed by atoms with Gasteiger partial charge < -0.3 is 14.8 Å². The first-order valence-electron chi connectivity index (χ1n) is 9.19. The van der Waals surface area contributed by atoms with E-state index in [4.69, 9.17) is 12.2 Å². The molecule has 0 amide bonds. The molecule has 1 aromatic carbocycles. The van der Waals surface area contributed by atoms with Crippen LogP contribution >= 0.6 is 12.2 Å². The highest BCUT2D eigenvalue weighted by atomic mass is 32.1. The SMILES string of the molecule is CC(C)(C)n1ccc([C@@H]2[C@H](c3ccccn3)NC(=S)N2c2ccccc2)c1. The molecule has 1 saturated heterocycles. The van der Waals surface area contributed by atoms with Crippen molar-refractivity contribution >= 4 is 23.0 Å². The summed E-state index contributed by atoms with van der Waals surface area (Å²) < 4.78 is 2.25. The summed E-state index contributed by atoms with van der Waals surface area (Å²) in [4.78, 5) is 6.80. The van der Waals surface area contributed by atoms with E-state index in [-0.39, 0.29) is 17.6 Å². The number of benzene rings is 1. The van der Waals surface area contributed by atoms with Gasteiger partial charge in [0.1, 0.15) is 0 Å². The zero-order valence-corrected chi connectivity index (χ0v) is 16.6. The van der Waals surface area contributed by atoms with Crippen LogP contribution < -0.4 is 10.2 Å². The normalized spacial score (nSPS) is 20.0. The lowest BCUT2D eigenvalue weighted by molar-refractivity contribution is 0.397. The van der Waals surface area contributed by atoms with Crippen molar-refractivity contribution in [1.29, 1.82) is 0 Å². The minimum absolute atomic E-state index is 0.00488. The van der Waals surface area contributed by atoms with E-state index >= 15 is 0 Å². The van der Waals surface area contributed by atoms with Gasteiger partial charge >= 0.3 is 0 Å². The molecule has 1 aliphatic heterocycles. The largest absolute Gasteiger partial charge is 0.351 e. The van der Waals surface area contributed by atoms with Crippen LogP contribution in [-0.4, -0.2) is 14.7 Å². The molecule has 1 fully saturated rings. The molecule has 0 unspecified atom stereocenters. The van der Waals surface area contributed by atoms with Crippen molar-refractivity contribution in [2.24, 2.45) is 0 Å². The number of hydrogen-bond donors (Lipinski definition) is 1. The standard InChI is InChI=1S/C22H24N4S/c1-22(2,3)25-14-12-16(15-25)20-19(18-11-7-8-13-23-18)24-21(27)26(20)17-9-5-4-6-10-17/h4-15,19-20H,1-3H3,(H,24,27)/t19-,20+/m0/s1. The van der Waals surface area contributed by atoms with Crippen LogP contribution in [0.3, 0.4) is 0 Å². The maximum absolute atomic E-state index is 5.74. The topological polar surface area (TPSA) is 33.1 Å². The zero-order chi connectivity index (χ0) is 19.0. The average molecular weight is 377 g/mol. The molecule has 2 aromatic heterocycles. The van der Waals surface area contributed by atoms with Gasteiger partial charge in [0.25, 0.3) is 0 Å². The second-order valence-electron chi connectivity index (χ2n) is 7.86. The van der Waals surface area contributed by atoms with Gasteiger partial charge in [0, 0.05) is 29.8 Å². The van der Waals surface area contributed by atoms with E-state index < -0.39 is 0 Å².